The smallest absolute Gasteiger partial charge is 0.0570 e. The second-order valence-corrected chi connectivity index (χ2v) is 3.64. The van der Waals surface area contributed by atoms with Crippen LogP contribution in [0.1, 0.15) is 32.0 Å². The minimum atomic E-state index is 0.315. The van der Waals surface area contributed by atoms with Crippen LogP contribution in [-0.2, 0) is 0 Å². The maximum Gasteiger partial charge on any atom is 0.0570 e. The van der Waals surface area contributed by atoms with E-state index in [2.05, 4.69) is 23.8 Å². The van der Waals surface area contributed by atoms with Gasteiger partial charge in [0.2, 0.25) is 0 Å². The lowest BCUT2D eigenvalue weighted by molar-refractivity contribution is 0.563. The van der Waals surface area contributed by atoms with E-state index < -0.39 is 0 Å². The van der Waals surface area contributed by atoms with Gasteiger partial charge >= 0.3 is 0 Å². The molecule has 1 unspecified atom stereocenters. The molecule has 1 heterocycles. The monoisotopic (exact) mass is 190 g/mol. The Labute approximate surface area is 86.1 Å². The van der Waals surface area contributed by atoms with Crippen LogP contribution in [0, 0.1) is 0 Å². The van der Waals surface area contributed by atoms with Crippen molar-refractivity contribution in [1.29, 1.82) is 0 Å². The van der Waals surface area contributed by atoms with Crippen LogP contribution in [0.4, 0.5) is 0 Å². The van der Waals surface area contributed by atoms with Gasteiger partial charge in [-0.15, -0.1) is 6.58 Å². The molecule has 0 fully saturated rings. The van der Waals surface area contributed by atoms with Gasteiger partial charge in [-0.25, -0.2) is 0 Å². The second-order valence-electron chi connectivity index (χ2n) is 3.64. The van der Waals surface area contributed by atoms with E-state index in [0.717, 1.165) is 18.7 Å². The average molecular weight is 190 g/mol. The lowest BCUT2D eigenvalue weighted by Crippen LogP contribution is -2.20. The van der Waals surface area contributed by atoms with Crippen LogP contribution in [0.15, 0.2) is 36.5 Å². The number of rotatable bonds is 5. The van der Waals surface area contributed by atoms with E-state index in [1.54, 1.807) is 0 Å². The minimum Gasteiger partial charge on any atom is -0.309 e. The van der Waals surface area contributed by atoms with Gasteiger partial charge in [-0.05, 0) is 38.9 Å². The molecule has 76 valence electrons. The number of nitrogens with one attached hydrogen (secondary N) is 1. The summed E-state index contributed by atoms with van der Waals surface area (Å²) >= 11 is 0. The zero-order valence-corrected chi connectivity index (χ0v) is 8.96. The molecule has 0 aliphatic heterocycles. The molecule has 0 radical (unpaired) electrons. The van der Waals surface area contributed by atoms with E-state index in [1.165, 1.54) is 5.57 Å². The first kappa shape index (κ1) is 10.9. The highest BCUT2D eigenvalue weighted by Gasteiger charge is 2.03. The molecular weight excluding hydrogens is 172 g/mol. The third-order valence-corrected chi connectivity index (χ3v) is 2.13. The zero-order chi connectivity index (χ0) is 10.4. The van der Waals surface area contributed by atoms with E-state index >= 15 is 0 Å². The predicted molar refractivity (Wildman–Crippen MR) is 60.1 cm³/mol. The van der Waals surface area contributed by atoms with Crippen molar-refractivity contribution in [2.24, 2.45) is 0 Å². The van der Waals surface area contributed by atoms with Crippen molar-refractivity contribution in [3.63, 3.8) is 0 Å². The van der Waals surface area contributed by atoms with Gasteiger partial charge < -0.3 is 5.32 Å². The van der Waals surface area contributed by atoms with Crippen molar-refractivity contribution >= 4 is 0 Å². The van der Waals surface area contributed by atoms with Gasteiger partial charge in [0.05, 0.1) is 5.69 Å². The van der Waals surface area contributed by atoms with Crippen molar-refractivity contribution in [3.8, 4) is 0 Å². The third kappa shape index (κ3) is 3.71. The lowest BCUT2D eigenvalue weighted by Gasteiger charge is -2.12. The Morgan fingerprint density at radius 2 is 2.36 bits per heavy atom. The molecule has 1 rings (SSSR count). The van der Waals surface area contributed by atoms with Gasteiger partial charge in [-0.1, -0.05) is 11.6 Å². The number of pyridine rings is 1. The van der Waals surface area contributed by atoms with Crippen LogP contribution in [0.3, 0.4) is 0 Å². The molecule has 0 aliphatic carbocycles. The molecule has 2 nitrogen and oxygen atoms in total. The molecule has 1 aromatic heterocycles. The molecule has 0 bridgehead atoms. The normalized spacial score (nSPS) is 12.4. The Hall–Kier alpha value is -1.15. The maximum absolute atomic E-state index is 4.29. The standard InChI is InChI=1S/C12H18N2/c1-10(2)7-9-13-11(3)12-6-4-5-8-14-12/h4-6,8,11,13H,1,7,9H2,2-3H3. The highest BCUT2D eigenvalue weighted by Crippen LogP contribution is 2.07. The molecule has 14 heavy (non-hydrogen) atoms. The molecule has 1 aromatic rings. The van der Waals surface area contributed by atoms with Crippen molar-refractivity contribution in [3.05, 3.63) is 42.2 Å². The first-order valence-corrected chi connectivity index (χ1v) is 4.99. The van der Waals surface area contributed by atoms with Crippen LogP contribution >= 0.6 is 0 Å². The van der Waals surface area contributed by atoms with Crippen molar-refractivity contribution in [2.45, 2.75) is 26.3 Å². The molecule has 0 saturated carbocycles. The zero-order valence-electron chi connectivity index (χ0n) is 8.96. The van der Waals surface area contributed by atoms with Gasteiger partial charge in [0, 0.05) is 12.2 Å². The fourth-order valence-electron chi connectivity index (χ4n) is 1.24. The van der Waals surface area contributed by atoms with E-state index in [0.29, 0.717) is 6.04 Å². The van der Waals surface area contributed by atoms with Gasteiger partial charge in [0.25, 0.3) is 0 Å². The van der Waals surface area contributed by atoms with E-state index in [9.17, 15) is 0 Å². The lowest BCUT2D eigenvalue weighted by atomic mass is 10.2. The summed E-state index contributed by atoms with van der Waals surface area (Å²) in [4.78, 5) is 4.29. The highest BCUT2D eigenvalue weighted by molar-refractivity contribution is 5.07. The van der Waals surface area contributed by atoms with Gasteiger partial charge in [0.1, 0.15) is 0 Å². The Kier molecular flexibility index (Phi) is 4.33. The summed E-state index contributed by atoms with van der Waals surface area (Å²) in [6.07, 6.45) is 2.85. The van der Waals surface area contributed by atoms with E-state index in [4.69, 9.17) is 0 Å². The molecule has 0 aromatic carbocycles. The minimum absolute atomic E-state index is 0.315. The fourth-order valence-corrected chi connectivity index (χ4v) is 1.24. The topological polar surface area (TPSA) is 24.9 Å². The van der Waals surface area contributed by atoms with Crippen LogP contribution in [0.2, 0.25) is 0 Å². The first-order valence-electron chi connectivity index (χ1n) is 4.99. The quantitative estimate of drug-likeness (QED) is 0.722. The van der Waals surface area contributed by atoms with Crippen molar-refractivity contribution in [2.75, 3.05) is 6.54 Å². The van der Waals surface area contributed by atoms with Gasteiger partial charge in [-0.2, -0.15) is 0 Å². The largest absolute Gasteiger partial charge is 0.309 e. The Morgan fingerprint density at radius 1 is 1.57 bits per heavy atom. The summed E-state index contributed by atoms with van der Waals surface area (Å²) in [5.74, 6) is 0. The Balaban J connectivity index is 2.36. The molecule has 1 N–H and O–H groups in total. The molecule has 0 saturated heterocycles. The molecule has 1 atom stereocenters. The Bertz CT molecular complexity index is 280. The van der Waals surface area contributed by atoms with Crippen LogP contribution in [0.25, 0.3) is 0 Å². The number of hydrogen-bond donors (Lipinski definition) is 1. The van der Waals surface area contributed by atoms with Gasteiger partial charge in [-0.3, -0.25) is 4.98 Å². The molecule has 0 spiro atoms. The molecule has 0 amide bonds. The summed E-state index contributed by atoms with van der Waals surface area (Å²) in [6, 6.07) is 6.30. The predicted octanol–water partition coefficient (Wildman–Crippen LogP) is 2.70. The molecule has 2 heteroatoms. The van der Waals surface area contributed by atoms with Crippen LogP contribution in [0.5, 0.6) is 0 Å². The van der Waals surface area contributed by atoms with Gasteiger partial charge in [0.15, 0.2) is 0 Å². The molecular formula is C12H18N2. The number of hydrogen-bond acceptors (Lipinski definition) is 2. The highest BCUT2D eigenvalue weighted by atomic mass is 14.9. The number of aromatic nitrogens is 1. The van der Waals surface area contributed by atoms with E-state index in [1.807, 2.05) is 31.3 Å². The van der Waals surface area contributed by atoms with Crippen molar-refractivity contribution in [1.82, 2.24) is 10.3 Å². The fraction of sp³-hybridized carbons (Fsp3) is 0.417. The van der Waals surface area contributed by atoms with E-state index in [-0.39, 0.29) is 0 Å². The SMILES string of the molecule is C=C(C)CCNC(C)c1ccccn1. The maximum atomic E-state index is 4.29. The average Bonchev–Trinajstić information content (AvgIpc) is 2.18. The Morgan fingerprint density at radius 3 is 2.93 bits per heavy atom. The molecule has 0 aliphatic rings. The summed E-state index contributed by atoms with van der Waals surface area (Å²) in [6.45, 7) is 9.01. The summed E-state index contributed by atoms with van der Waals surface area (Å²) in [7, 11) is 0. The summed E-state index contributed by atoms with van der Waals surface area (Å²) in [5.41, 5.74) is 2.31. The van der Waals surface area contributed by atoms with Crippen LogP contribution < -0.4 is 5.32 Å². The van der Waals surface area contributed by atoms with Crippen LogP contribution in [-0.4, -0.2) is 11.5 Å². The second kappa shape index (κ2) is 5.55. The summed E-state index contributed by atoms with van der Waals surface area (Å²) < 4.78 is 0. The number of nitrogens with zero attached hydrogens (tertiary/aromatic N) is 1. The first-order chi connectivity index (χ1) is 6.70. The summed E-state index contributed by atoms with van der Waals surface area (Å²) in [5, 5.41) is 3.41. The third-order valence-electron chi connectivity index (χ3n) is 2.13. The van der Waals surface area contributed by atoms with Crippen molar-refractivity contribution < 1.29 is 0 Å².